The van der Waals surface area contributed by atoms with E-state index >= 15 is 0 Å². The first kappa shape index (κ1) is 16.5. The van der Waals surface area contributed by atoms with Gasteiger partial charge in [-0.05, 0) is 18.2 Å². The van der Waals surface area contributed by atoms with Gasteiger partial charge in [0.1, 0.15) is 9.71 Å². The summed E-state index contributed by atoms with van der Waals surface area (Å²) in [6, 6.07) is 6.24. The van der Waals surface area contributed by atoms with E-state index in [9.17, 15) is 9.18 Å². The maximum absolute atomic E-state index is 14.1. The molecule has 0 bridgehead atoms. The zero-order valence-corrected chi connectivity index (χ0v) is 14.9. The van der Waals surface area contributed by atoms with Crippen LogP contribution in [0, 0.1) is 5.82 Å². The lowest BCUT2D eigenvalue weighted by Gasteiger charge is -2.16. The zero-order valence-electron chi connectivity index (χ0n) is 14.1. The number of methoxy groups -OCH3 is 1. The van der Waals surface area contributed by atoms with E-state index in [4.69, 9.17) is 4.74 Å². The minimum atomic E-state index is -0.536. The average molecular weight is 370 g/mol. The molecule has 0 spiro atoms. The maximum Gasteiger partial charge on any atom is 0.274 e. The van der Waals surface area contributed by atoms with Gasteiger partial charge in [0.05, 0.1) is 25.7 Å². The fourth-order valence-corrected chi connectivity index (χ4v) is 4.10. The second-order valence-electron chi connectivity index (χ2n) is 5.65. The number of ether oxygens (including phenoxy) is 1. The standard InChI is InChI=1S/C18H15FN4O2S/c1-20-13-5-6-22-17-15(13)11-8-21-9-23(18(24)16(11)26-17)10-3-4-14(25-2)12(19)7-10/h3-7,9H,8H2,1-2H3,(H,20,22). The van der Waals surface area contributed by atoms with Crippen LogP contribution >= 0.6 is 11.3 Å². The van der Waals surface area contributed by atoms with Crippen LogP contribution in [0.4, 0.5) is 15.8 Å². The van der Waals surface area contributed by atoms with Crippen molar-refractivity contribution in [2.24, 2.45) is 4.99 Å². The Morgan fingerprint density at radius 3 is 2.92 bits per heavy atom. The van der Waals surface area contributed by atoms with Gasteiger partial charge < -0.3 is 10.1 Å². The van der Waals surface area contributed by atoms with Gasteiger partial charge in [0, 0.05) is 35.9 Å². The normalized spacial score (nSPS) is 13.7. The molecule has 3 aromatic rings. The van der Waals surface area contributed by atoms with Crippen LogP contribution in [0.25, 0.3) is 10.2 Å². The lowest BCUT2D eigenvalue weighted by atomic mass is 10.1. The third-order valence-electron chi connectivity index (χ3n) is 4.23. The van der Waals surface area contributed by atoms with Gasteiger partial charge in [0.25, 0.3) is 5.91 Å². The second-order valence-corrected chi connectivity index (χ2v) is 6.65. The molecule has 1 aliphatic rings. The van der Waals surface area contributed by atoms with Crippen LogP contribution in [0.15, 0.2) is 35.5 Å². The summed E-state index contributed by atoms with van der Waals surface area (Å²) >= 11 is 1.32. The molecule has 4 rings (SSSR count). The Labute approximate surface area is 152 Å². The molecule has 2 aromatic heterocycles. The number of anilines is 2. The van der Waals surface area contributed by atoms with Crippen LogP contribution in [-0.2, 0) is 6.54 Å². The van der Waals surface area contributed by atoms with Crippen LogP contribution in [0.1, 0.15) is 15.2 Å². The first-order valence-corrected chi connectivity index (χ1v) is 8.71. The Morgan fingerprint density at radius 2 is 2.19 bits per heavy atom. The van der Waals surface area contributed by atoms with Crippen molar-refractivity contribution in [3.63, 3.8) is 0 Å². The molecule has 0 atom stereocenters. The molecule has 8 heteroatoms. The molecule has 132 valence electrons. The number of pyridine rings is 1. The molecule has 0 radical (unpaired) electrons. The molecule has 3 heterocycles. The molecule has 1 aliphatic heterocycles. The zero-order chi connectivity index (χ0) is 18.3. The summed E-state index contributed by atoms with van der Waals surface area (Å²) in [6.07, 6.45) is 3.14. The van der Waals surface area contributed by atoms with Crippen LogP contribution in [0.3, 0.4) is 0 Å². The van der Waals surface area contributed by atoms with Gasteiger partial charge in [-0.25, -0.2) is 9.37 Å². The fraction of sp³-hybridized carbons (Fsp3) is 0.167. The molecule has 0 fully saturated rings. The van der Waals surface area contributed by atoms with Crippen molar-refractivity contribution in [1.82, 2.24) is 4.98 Å². The molecular formula is C18H15FN4O2S. The van der Waals surface area contributed by atoms with E-state index in [0.717, 1.165) is 21.5 Å². The first-order chi connectivity index (χ1) is 12.6. The van der Waals surface area contributed by atoms with Crippen molar-refractivity contribution in [2.45, 2.75) is 6.54 Å². The third kappa shape index (κ3) is 2.50. The maximum atomic E-state index is 14.1. The molecule has 1 amide bonds. The topological polar surface area (TPSA) is 66.8 Å². The number of hydrogen-bond donors (Lipinski definition) is 1. The molecule has 26 heavy (non-hydrogen) atoms. The van der Waals surface area contributed by atoms with E-state index < -0.39 is 5.82 Å². The number of fused-ring (bicyclic) bond motifs is 3. The summed E-state index contributed by atoms with van der Waals surface area (Å²) < 4.78 is 19.0. The van der Waals surface area contributed by atoms with Crippen molar-refractivity contribution in [1.29, 1.82) is 0 Å². The van der Waals surface area contributed by atoms with E-state index in [0.29, 0.717) is 17.1 Å². The number of nitrogens with zero attached hydrogens (tertiary/aromatic N) is 3. The Kier molecular flexibility index (Phi) is 4.04. The largest absolute Gasteiger partial charge is 0.494 e. The highest BCUT2D eigenvalue weighted by atomic mass is 32.1. The van der Waals surface area contributed by atoms with Crippen LogP contribution in [0.5, 0.6) is 5.75 Å². The lowest BCUT2D eigenvalue weighted by molar-refractivity contribution is 0.101. The Bertz CT molecular complexity index is 1050. The van der Waals surface area contributed by atoms with E-state index in [2.05, 4.69) is 15.3 Å². The molecule has 0 saturated carbocycles. The Morgan fingerprint density at radius 1 is 1.35 bits per heavy atom. The molecule has 0 aliphatic carbocycles. The number of carbonyl (C=O) groups excluding carboxylic acids is 1. The van der Waals surface area contributed by atoms with Gasteiger partial charge in [-0.3, -0.25) is 14.7 Å². The number of thiophene rings is 1. The predicted molar refractivity (Wildman–Crippen MR) is 101 cm³/mol. The summed E-state index contributed by atoms with van der Waals surface area (Å²) in [5, 5.41) is 4.04. The van der Waals surface area contributed by atoms with Crippen molar-refractivity contribution < 1.29 is 13.9 Å². The summed E-state index contributed by atoms with van der Waals surface area (Å²) in [4.78, 5) is 24.5. The molecule has 0 unspecified atom stereocenters. The van der Waals surface area contributed by atoms with Crippen LogP contribution in [0.2, 0.25) is 0 Å². The van der Waals surface area contributed by atoms with E-state index in [1.54, 1.807) is 12.3 Å². The summed E-state index contributed by atoms with van der Waals surface area (Å²) in [5.74, 6) is -0.666. The lowest BCUT2D eigenvalue weighted by Crippen LogP contribution is -2.28. The van der Waals surface area contributed by atoms with Gasteiger partial charge in [0.2, 0.25) is 0 Å². The number of halogens is 1. The molecule has 1 N–H and O–H groups in total. The van der Waals surface area contributed by atoms with Gasteiger partial charge in [-0.2, -0.15) is 0 Å². The molecule has 6 nitrogen and oxygen atoms in total. The van der Waals surface area contributed by atoms with Crippen molar-refractivity contribution in [3.8, 4) is 5.75 Å². The first-order valence-electron chi connectivity index (χ1n) is 7.89. The quantitative estimate of drug-likeness (QED) is 0.764. The third-order valence-corrected chi connectivity index (χ3v) is 5.36. The van der Waals surface area contributed by atoms with Crippen molar-refractivity contribution in [3.05, 3.63) is 46.7 Å². The monoisotopic (exact) mass is 370 g/mol. The number of hydrogen-bond acceptors (Lipinski definition) is 6. The summed E-state index contributed by atoms with van der Waals surface area (Å²) in [7, 11) is 3.22. The molecule has 1 aromatic carbocycles. The second kappa shape index (κ2) is 6.38. The number of aromatic nitrogens is 1. The number of benzene rings is 1. The average Bonchev–Trinajstić information content (AvgIpc) is 2.95. The number of rotatable bonds is 3. The molecule has 0 saturated heterocycles. The van der Waals surface area contributed by atoms with Gasteiger partial charge in [-0.1, -0.05) is 0 Å². The minimum Gasteiger partial charge on any atom is -0.494 e. The van der Waals surface area contributed by atoms with Gasteiger partial charge in [0.15, 0.2) is 11.6 Å². The van der Waals surface area contributed by atoms with Crippen LogP contribution < -0.4 is 15.0 Å². The summed E-state index contributed by atoms with van der Waals surface area (Å²) in [6.45, 7) is 0.358. The van der Waals surface area contributed by atoms with Gasteiger partial charge in [-0.15, -0.1) is 11.3 Å². The SMILES string of the molecule is CNc1ccnc2sc3c(c12)CN=CN(c1ccc(OC)c(F)c1)C3=O. The van der Waals surface area contributed by atoms with E-state index in [1.165, 1.54) is 41.8 Å². The van der Waals surface area contributed by atoms with E-state index in [-0.39, 0.29) is 11.7 Å². The predicted octanol–water partition coefficient (Wildman–Crippen LogP) is 3.67. The number of amides is 1. The minimum absolute atomic E-state index is 0.123. The van der Waals surface area contributed by atoms with Crippen molar-refractivity contribution in [2.75, 3.05) is 24.4 Å². The number of aliphatic imine (C=N–C) groups is 1. The number of nitrogens with one attached hydrogen (secondary N) is 1. The number of carbonyl (C=O) groups is 1. The molecular weight excluding hydrogens is 355 g/mol. The Hall–Kier alpha value is -3.00. The summed E-state index contributed by atoms with van der Waals surface area (Å²) in [5.41, 5.74) is 2.13. The Balaban J connectivity index is 1.83. The smallest absolute Gasteiger partial charge is 0.274 e. The fourth-order valence-electron chi connectivity index (χ4n) is 2.98. The highest BCUT2D eigenvalue weighted by Gasteiger charge is 2.27. The van der Waals surface area contributed by atoms with Crippen LogP contribution in [-0.4, -0.2) is 31.4 Å². The van der Waals surface area contributed by atoms with E-state index in [1.807, 2.05) is 13.1 Å². The van der Waals surface area contributed by atoms with Gasteiger partial charge >= 0.3 is 0 Å². The highest BCUT2D eigenvalue weighted by molar-refractivity contribution is 7.20. The van der Waals surface area contributed by atoms with Crippen molar-refractivity contribution >= 4 is 45.2 Å². The highest BCUT2D eigenvalue weighted by Crippen LogP contribution is 2.37.